The molecule has 7 atom stereocenters. The Labute approximate surface area is 210 Å². The number of nitrogens with zero attached hydrogens (tertiary/aromatic N) is 7. The van der Waals surface area contributed by atoms with Gasteiger partial charge in [-0.05, 0) is 0 Å². The molecule has 3 aromatic heterocycles. The number of aromatic nitrogens is 6. The molecule has 3 aliphatic rings. The van der Waals surface area contributed by atoms with Crippen molar-refractivity contribution in [3.05, 3.63) is 24.7 Å². The van der Waals surface area contributed by atoms with Crippen LogP contribution in [0.5, 0.6) is 0 Å². The first kappa shape index (κ1) is 25.4. The highest BCUT2D eigenvalue weighted by molar-refractivity contribution is 5.81. The van der Waals surface area contributed by atoms with Gasteiger partial charge in [-0.2, -0.15) is 0 Å². The highest BCUT2D eigenvalue weighted by Gasteiger charge is 2.37. The van der Waals surface area contributed by atoms with E-state index in [0.29, 0.717) is 35.5 Å². The van der Waals surface area contributed by atoms with Gasteiger partial charge >= 0.3 is 0 Å². The van der Waals surface area contributed by atoms with E-state index in [1.807, 2.05) is 0 Å². The van der Waals surface area contributed by atoms with Crippen LogP contribution in [0.2, 0.25) is 0 Å². The third-order valence-corrected chi connectivity index (χ3v) is 6.43. The van der Waals surface area contributed by atoms with Crippen LogP contribution in [-0.2, 0) is 9.47 Å². The largest absolute Gasteiger partial charge is 0.394 e. The van der Waals surface area contributed by atoms with E-state index in [0.717, 1.165) is 0 Å². The number of hydrogen-bond donors (Lipinski definition) is 7. The van der Waals surface area contributed by atoms with Crippen molar-refractivity contribution in [1.82, 2.24) is 29.1 Å². The van der Waals surface area contributed by atoms with Crippen LogP contribution in [0.3, 0.4) is 0 Å². The monoisotopic (exact) mass is 519 g/mol. The van der Waals surface area contributed by atoms with E-state index in [-0.39, 0.29) is 31.7 Å². The van der Waals surface area contributed by atoms with Crippen molar-refractivity contribution in [2.75, 3.05) is 30.8 Å². The van der Waals surface area contributed by atoms with Gasteiger partial charge in [0.25, 0.3) is 0 Å². The molecule has 2 fully saturated rings. The maximum absolute atomic E-state index is 9.93. The van der Waals surface area contributed by atoms with Crippen LogP contribution in [0.4, 0.5) is 11.6 Å². The van der Waals surface area contributed by atoms with E-state index in [1.165, 1.54) is 19.0 Å². The minimum Gasteiger partial charge on any atom is -0.394 e. The van der Waals surface area contributed by atoms with E-state index < -0.39 is 36.9 Å². The van der Waals surface area contributed by atoms with Crippen molar-refractivity contribution in [3.63, 3.8) is 0 Å². The molecule has 1 unspecified atom stereocenters. The molecule has 37 heavy (non-hydrogen) atoms. The maximum Gasteiger partial charge on any atom is 0.167 e. The highest BCUT2D eigenvalue weighted by Crippen LogP contribution is 2.34. The molecule has 2 saturated heterocycles. The zero-order chi connectivity index (χ0) is 26.1. The second kappa shape index (κ2) is 10.6. The van der Waals surface area contributed by atoms with Crippen molar-refractivity contribution in [1.29, 1.82) is 0 Å². The Morgan fingerprint density at radius 2 is 1.78 bits per heavy atom. The van der Waals surface area contributed by atoms with Crippen LogP contribution in [0.25, 0.3) is 11.2 Å². The van der Waals surface area contributed by atoms with Crippen molar-refractivity contribution >= 4 is 29.1 Å². The van der Waals surface area contributed by atoms with Gasteiger partial charge in [0.2, 0.25) is 0 Å². The molecule has 6 heterocycles. The Morgan fingerprint density at radius 3 is 2.51 bits per heavy atom. The van der Waals surface area contributed by atoms with Gasteiger partial charge < -0.3 is 46.1 Å². The number of nitrogens with two attached hydrogens (primary N) is 1. The normalized spacial score (nSPS) is 31.0. The van der Waals surface area contributed by atoms with Crippen LogP contribution in [0.15, 0.2) is 24.0 Å². The Bertz CT molecular complexity index is 1250. The number of imidazole rings is 2. The number of aliphatic hydroxyl groups is 5. The summed E-state index contributed by atoms with van der Waals surface area (Å²) in [4.78, 5) is 20.2. The fourth-order valence-corrected chi connectivity index (χ4v) is 4.54. The second-order valence-corrected chi connectivity index (χ2v) is 8.87. The van der Waals surface area contributed by atoms with Crippen molar-refractivity contribution in [2.45, 2.75) is 55.8 Å². The topological polar surface area (TPSA) is 231 Å². The first-order valence-corrected chi connectivity index (χ1v) is 11.7. The van der Waals surface area contributed by atoms with Gasteiger partial charge in [0.05, 0.1) is 51.0 Å². The van der Waals surface area contributed by atoms with E-state index in [2.05, 4.69) is 30.2 Å². The number of aliphatic hydroxyl groups excluding tert-OH is 5. The van der Waals surface area contributed by atoms with Gasteiger partial charge in [-0.1, -0.05) is 0 Å². The molecule has 0 aliphatic carbocycles. The van der Waals surface area contributed by atoms with Crippen LogP contribution in [-0.4, -0.2) is 105 Å². The Kier molecular flexibility index (Phi) is 7.29. The lowest BCUT2D eigenvalue weighted by Crippen LogP contribution is -2.24. The lowest BCUT2D eigenvalue weighted by molar-refractivity contribution is -0.0486. The second-order valence-electron chi connectivity index (χ2n) is 8.87. The molecule has 6 rings (SSSR count). The smallest absolute Gasteiger partial charge is 0.167 e. The molecule has 0 saturated carbocycles. The van der Waals surface area contributed by atoms with Gasteiger partial charge in [-0.15, -0.1) is 0 Å². The molecular formula is C21H29N9O7. The molecule has 200 valence electrons. The number of rotatable bonds is 4. The van der Waals surface area contributed by atoms with E-state index in [1.54, 1.807) is 15.5 Å². The summed E-state index contributed by atoms with van der Waals surface area (Å²) in [5.41, 5.74) is 7.17. The molecule has 8 N–H and O–H groups in total. The number of hydrogen-bond acceptors (Lipinski definition) is 14. The summed E-state index contributed by atoms with van der Waals surface area (Å²) in [6.45, 7) is -0.103. The quantitative estimate of drug-likeness (QED) is 0.199. The first-order chi connectivity index (χ1) is 17.9. The molecule has 16 nitrogen and oxygen atoms in total. The van der Waals surface area contributed by atoms with Crippen molar-refractivity contribution in [2.24, 2.45) is 4.99 Å². The Morgan fingerprint density at radius 1 is 0.973 bits per heavy atom. The van der Waals surface area contributed by atoms with Gasteiger partial charge in [0.15, 0.2) is 17.7 Å². The summed E-state index contributed by atoms with van der Waals surface area (Å²) in [6, 6.07) is 0. The SMILES string of the molecule is Nc1ncnc2c1ncn2[C@@H]1O[C@H](CO)C[C@H]1O.OC[C@H]1OC(n2cnc3c2NC=NC[C@H]3O)C[C@@H]1O. The molecule has 3 aromatic rings. The third kappa shape index (κ3) is 4.87. The maximum atomic E-state index is 9.93. The molecule has 0 radical (unpaired) electrons. The van der Waals surface area contributed by atoms with Crippen molar-refractivity contribution < 1.29 is 35.0 Å². The van der Waals surface area contributed by atoms with Gasteiger partial charge in [0, 0.05) is 12.8 Å². The summed E-state index contributed by atoms with van der Waals surface area (Å²) in [5, 5.41) is 50.7. The lowest BCUT2D eigenvalue weighted by atomic mass is 10.2. The molecule has 0 spiro atoms. The average Bonchev–Trinajstić information content (AvgIpc) is 3.65. The molecule has 16 heteroatoms. The zero-order valence-electron chi connectivity index (χ0n) is 19.6. The molecule has 3 aliphatic heterocycles. The van der Waals surface area contributed by atoms with Crippen LogP contribution < -0.4 is 11.1 Å². The van der Waals surface area contributed by atoms with Gasteiger partial charge in [0.1, 0.15) is 47.9 Å². The van der Waals surface area contributed by atoms with Crippen molar-refractivity contribution in [3.8, 4) is 0 Å². The number of nitrogens with one attached hydrogen (secondary N) is 1. The Balaban J connectivity index is 0.000000152. The van der Waals surface area contributed by atoms with E-state index in [9.17, 15) is 15.3 Å². The summed E-state index contributed by atoms with van der Waals surface area (Å²) in [5.74, 6) is 0.884. The average molecular weight is 520 g/mol. The summed E-state index contributed by atoms with van der Waals surface area (Å²) < 4.78 is 14.4. The predicted octanol–water partition coefficient (Wildman–Crippen LogP) is -1.94. The summed E-state index contributed by atoms with van der Waals surface area (Å²) >= 11 is 0. The van der Waals surface area contributed by atoms with Gasteiger partial charge in [-0.25, -0.2) is 19.9 Å². The Hall–Kier alpha value is -3.25. The molecule has 0 aromatic carbocycles. The predicted molar refractivity (Wildman–Crippen MR) is 127 cm³/mol. The fourth-order valence-electron chi connectivity index (χ4n) is 4.54. The molecule has 0 bridgehead atoms. The fraction of sp³-hybridized carbons (Fsp3) is 0.571. The highest BCUT2D eigenvalue weighted by atomic mass is 16.5. The number of aliphatic imine (C=N–C) groups is 1. The third-order valence-electron chi connectivity index (χ3n) is 6.43. The van der Waals surface area contributed by atoms with E-state index in [4.69, 9.17) is 25.4 Å². The van der Waals surface area contributed by atoms with Crippen LogP contribution in [0.1, 0.15) is 37.1 Å². The molecule has 0 amide bonds. The van der Waals surface area contributed by atoms with Gasteiger partial charge in [-0.3, -0.25) is 14.1 Å². The number of anilines is 2. The minimum absolute atomic E-state index is 0.128. The first-order valence-electron chi connectivity index (χ1n) is 11.7. The number of nitrogen functional groups attached to an aromatic ring is 1. The summed E-state index contributed by atoms with van der Waals surface area (Å²) in [6.07, 6.45) is 2.45. The van der Waals surface area contributed by atoms with Crippen LogP contribution >= 0.6 is 0 Å². The lowest BCUT2D eigenvalue weighted by Gasteiger charge is -2.16. The summed E-state index contributed by atoms with van der Waals surface area (Å²) in [7, 11) is 0. The standard InChI is InChI=1S/C11H16N4O4.C10H13N5O3/c16-3-8-6(17)1-9(19-8)15-5-14-10-7(18)2-12-4-13-11(10)15;11-8-7-9(13-3-12-8)15(4-14-7)10-6(17)1-5(2-16)18-10/h4-9,16-18H,1-3H2,(H,12,13);3-6,10,16-17H,1-2H2,(H2,11,12,13)/t6-,7+,8+,9?;5-,6+,10+/m00/s1. The molecular weight excluding hydrogens is 490 g/mol. The minimum atomic E-state index is -0.762. The van der Waals surface area contributed by atoms with Crippen LogP contribution in [0, 0.1) is 0 Å². The number of fused-ring (bicyclic) bond motifs is 2. The van der Waals surface area contributed by atoms with E-state index >= 15 is 0 Å². The number of ether oxygens (including phenoxy) is 2. The zero-order valence-corrected chi connectivity index (χ0v) is 19.6.